The third kappa shape index (κ3) is 2.76. The summed E-state index contributed by atoms with van der Waals surface area (Å²) in [6.07, 6.45) is 0. The van der Waals surface area contributed by atoms with E-state index < -0.39 is 0 Å². The van der Waals surface area contributed by atoms with Crippen LogP contribution in [0.4, 0.5) is 5.69 Å². The maximum absolute atomic E-state index is 9.23. The summed E-state index contributed by atoms with van der Waals surface area (Å²) >= 11 is 0. The lowest BCUT2D eigenvalue weighted by molar-refractivity contribution is 0.221. The Labute approximate surface area is 101 Å². The van der Waals surface area contributed by atoms with Crippen LogP contribution in [0.25, 0.3) is 0 Å². The van der Waals surface area contributed by atoms with Crippen molar-refractivity contribution in [2.24, 2.45) is 0 Å². The van der Waals surface area contributed by atoms with Crippen LogP contribution in [0.5, 0.6) is 0 Å². The second-order valence-electron chi connectivity index (χ2n) is 4.51. The molecule has 90 valence electrons. The first kappa shape index (κ1) is 11.9. The van der Waals surface area contributed by atoms with Gasteiger partial charge in [-0.2, -0.15) is 5.26 Å². The second-order valence-corrected chi connectivity index (χ2v) is 4.51. The van der Waals surface area contributed by atoms with Crippen LogP contribution in [0, 0.1) is 11.3 Å². The quantitative estimate of drug-likeness (QED) is 0.787. The highest BCUT2D eigenvalue weighted by molar-refractivity contribution is 5.52. The van der Waals surface area contributed by atoms with E-state index in [2.05, 4.69) is 23.2 Å². The maximum atomic E-state index is 9.23. The SMILES string of the molecule is CC1CN(c2cccc(C#N)c2)CC(CO)N1. The first-order chi connectivity index (χ1) is 8.22. The van der Waals surface area contributed by atoms with Crippen molar-refractivity contribution >= 4 is 5.69 Å². The molecule has 4 heteroatoms. The summed E-state index contributed by atoms with van der Waals surface area (Å²) in [5.41, 5.74) is 1.73. The summed E-state index contributed by atoms with van der Waals surface area (Å²) < 4.78 is 0. The van der Waals surface area contributed by atoms with Gasteiger partial charge >= 0.3 is 0 Å². The molecule has 1 heterocycles. The molecule has 1 saturated heterocycles. The van der Waals surface area contributed by atoms with E-state index >= 15 is 0 Å². The lowest BCUT2D eigenvalue weighted by atomic mass is 10.1. The molecule has 0 saturated carbocycles. The molecule has 0 spiro atoms. The molecule has 1 aromatic rings. The van der Waals surface area contributed by atoms with E-state index in [1.807, 2.05) is 18.2 Å². The first-order valence-electron chi connectivity index (χ1n) is 5.85. The standard InChI is InChI=1S/C13H17N3O/c1-10-7-16(8-12(9-17)15-10)13-4-2-3-11(5-13)6-14/h2-5,10,12,15,17H,7-9H2,1H3. The number of hydrogen-bond donors (Lipinski definition) is 2. The minimum absolute atomic E-state index is 0.101. The van der Waals surface area contributed by atoms with E-state index in [0.29, 0.717) is 11.6 Å². The Morgan fingerprint density at radius 1 is 1.53 bits per heavy atom. The third-order valence-corrected chi connectivity index (χ3v) is 3.02. The maximum Gasteiger partial charge on any atom is 0.0992 e. The molecule has 1 fully saturated rings. The van der Waals surface area contributed by atoms with Gasteiger partial charge in [-0.05, 0) is 25.1 Å². The number of benzene rings is 1. The molecule has 2 unspecified atom stereocenters. The Kier molecular flexibility index (Phi) is 3.62. The predicted octanol–water partition coefficient (Wildman–Crippen LogP) is 0.717. The molecule has 17 heavy (non-hydrogen) atoms. The fraction of sp³-hybridized carbons (Fsp3) is 0.462. The van der Waals surface area contributed by atoms with Crippen LogP contribution in [-0.2, 0) is 0 Å². The van der Waals surface area contributed by atoms with Crippen LogP contribution < -0.4 is 10.2 Å². The number of nitrogens with one attached hydrogen (secondary N) is 1. The molecule has 2 atom stereocenters. The van der Waals surface area contributed by atoms with Gasteiger partial charge in [0.2, 0.25) is 0 Å². The molecule has 1 aliphatic rings. The van der Waals surface area contributed by atoms with Crippen LogP contribution in [0.3, 0.4) is 0 Å². The Balaban J connectivity index is 2.18. The number of aliphatic hydroxyl groups excluding tert-OH is 1. The van der Waals surface area contributed by atoms with Crippen molar-refractivity contribution in [3.8, 4) is 6.07 Å². The number of anilines is 1. The van der Waals surface area contributed by atoms with Crippen LogP contribution in [0.15, 0.2) is 24.3 Å². The van der Waals surface area contributed by atoms with Gasteiger partial charge < -0.3 is 15.3 Å². The minimum atomic E-state index is 0.101. The zero-order chi connectivity index (χ0) is 12.3. The highest BCUT2D eigenvalue weighted by atomic mass is 16.3. The lowest BCUT2D eigenvalue weighted by Gasteiger charge is -2.38. The zero-order valence-electron chi connectivity index (χ0n) is 9.93. The van der Waals surface area contributed by atoms with E-state index in [4.69, 9.17) is 5.26 Å². The molecule has 2 N–H and O–H groups in total. The van der Waals surface area contributed by atoms with Gasteiger partial charge in [0.15, 0.2) is 0 Å². The molecule has 1 aromatic carbocycles. The molecular formula is C13H17N3O. The molecule has 4 nitrogen and oxygen atoms in total. The fourth-order valence-electron chi connectivity index (χ4n) is 2.27. The monoisotopic (exact) mass is 231 g/mol. The number of nitrogens with zero attached hydrogens (tertiary/aromatic N) is 2. The summed E-state index contributed by atoms with van der Waals surface area (Å²) in [6.45, 7) is 3.91. The average Bonchev–Trinajstić information content (AvgIpc) is 2.38. The number of rotatable bonds is 2. The molecule has 0 radical (unpaired) electrons. The van der Waals surface area contributed by atoms with Gasteiger partial charge in [0, 0.05) is 30.9 Å². The topological polar surface area (TPSA) is 59.3 Å². The molecule has 2 rings (SSSR count). The summed E-state index contributed by atoms with van der Waals surface area (Å²) in [4.78, 5) is 2.21. The molecule has 0 bridgehead atoms. The largest absolute Gasteiger partial charge is 0.395 e. The van der Waals surface area contributed by atoms with Gasteiger partial charge in [-0.25, -0.2) is 0 Å². The summed E-state index contributed by atoms with van der Waals surface area (Å²) in [5.74, 6) is 0. The molecule has 1 aliphatic heterocycles. The van der Waals surface area contributed by atoms with E-state index in [9.17, 15) is 5.11 Å². The smallest absolute Gasteiger partial charge is 0.0992 e. The van der Waals surface area contributed by atoms with Gasteiger partial charge in [-0.15, -0.1) is 0 Å². The lowest BCUT2D eigenvalue weighted by Crippen LogP contribution is -2.56. The summed E-state index contributed by atoms with van der Waals surface area (Å²) in [7, 11) is 0. The van der Waals surface area contributed by atoms with E-state index in [-0.39, 0.29) is 12.6 Å². The van der Waals surface area contributed by atoms with Crippen molar-refractivity contribution in [2.45, 2.75) is 19.0 Å². The number of aliphatic hydroxyl groups is 1. The summed E-state index contributed by atoms with van der Waals surface area (Å²) in [5, 5.41) is 21.5. The van der Waals surface area contributed by atoms with Crippen LogP contribution in [0.1, 0.15) is 12.5 Å². The Morgan fingerprint density at radius 3 is 3.06 bits per heavy atom. The van der Waals surface area contributed by atoms with Crippen LogP contribution in [0.2, 0.25) is 0 Å². The highest BCUT2D eigenvalue weighted by Crippen LogP contribution is 2.18. The number of nitriles is 1. The third-order valence-electron chi connectivity index (χ3n) is 3.02. The number of piperazine rings is 1. The molecular weight excluding hydrogens is 214 g/mol. The molecule has 0 aromatic heterocycles. The molecule has 0 aliphatic carbocycles. The first-order valence-corrected chi connectivity index (χ1v) is 5.85. The van der Waals surface area contributed by atoms with Crippen molar-refractivity contribution in [1.29, 1.82) is 5.26 Å². The highest BCUT2D eigenvalue weighted by Gasteiger charge is 2.23. The van der Waals surface area contributed by atoms with Gasteiger partial charge in [0.25, 0.3) is 0 Å². The number of hydrogen-bond acceptors (Lipinski definition) is 4. The summed E-state index contributed by atoms with van der Waals surface area (Å²) in [6, 6.07) is 10.2. The van der Waals surface area contributed by atoms with Crippen molar-refractivity contribution in [2.75, 3.05) is 24.6 Å². The van der Waals surface area contributed by atoms with Crippen molar-refractivity contribution < 1.29 is 5.11 Å². The van der Waals surface area contributed by atoms with E-state index in [1.54, 1.807) is 6.07 Å². The van der Waals surface area contributed by atoms with Gasteiger partial charge in [-0.1, -0.05) is 6.07 Å². The zero-order valence-corrected chi connectivity index (χ0v) is 9.93. The van der Waals surface area contributed by atoms with Crippen molar-refractivity contribution in [1.82, 2.24) is 5.32 Å². The van der Waals surface area contributed by atoms with Gasteiger partial charge in [0.05, 0.1) is 18.2 Å². The van der Waals surface area contributed by atoms with Crippen LogP contribution >= 0.6 is 0 Å². The van der Waals surface area contributed by atoms with E-state index in [1.165, 1.54) is 0 Å². The molecule has 0 amide bonds. The Morgan fingerprint density at radius 2 is 2.35 bits per heavy atom. The van der Waals surface area contributed by atoms with Gasteiger partial charge in [0.1, 0.15) is 0 Å². The van der Waals surface area contributed by atoms with Crippen molar-refractivity contribution in [3.63, 3.8) is 0 Å². The predicted molar refractivity (Wildman–Crippen MR) is 66.8 cm³/mol. The van der Waals surface area contributed by atoms with E-state index in [0.717, 1.165) is 18.8 Å². The average molecular weight is 231 g/mol. The van der Waals surface area contributed by atoms with Gasteiger partial charge in [-0.3, -0.25) is 0 Å². The minimum Gasteiger partial charge on any atom is -0.395 e. The van der Waals surface area contributed by atoms with Crippen LogP contribution in [-0.4, -0.2) is 36.9 Å². The fourth-order valence-corrected chi connectivity index (χ4v) is 2.27. The Hall–Kier alpha value is -1.57. The normalized spacial score (nSPS) is 24.4. The Bertz CT molecular complexity index is 427. The second kappa shape index (κ2) is 5.17. The van der Waals surface area contributed by atoms with Crippen molar-refractivity contribution in [3.05, 3.63) is 29.8 Å².